The molecule has 0 spiro atoms. The van der Waals surface area contributed by atoms with E-state index in [0.717, 1.165) is 21.9 Å². The highest BCUT2D eigenvalue weighted by atomic mass is 35.5. The molecule has 3 aromatic rings. The number of benzene rings is 1. The van der Waals surface area contributed by atoms with E-state index in [1.807, 2.05) is 19.2 Å². The van der Waals surface area contributed by atoms with Gasteiger partial charge in [-0.1, -0.05) is 11.3 Å². The van der Waals surface area contributed by atoms with Gasteiger partial charge in [-0.05, 0) is 25.1 Å². The van der Waals surface area contributed by atoms with Crippen LogP contribution in [-0.2, 0) is 6.54 Å². The van der Waals surface area contributed by atoms with Crippen LogP contribution in [0.5, 0.6) is 5.75 Å². The van der Waals surface area contributed by atoms with Gasteiger partial charge in [0.2, 0.25) is 0 Å². The quantitative estimate of drug-likeness (QED) is 0.804. The first kappa shape index (κ1) is 13.1. The van der Waals surface area contributed by atoms with Crippen molar-refractivity contribution in [3.63, 3.8) is 0 Å². The third-order valence-electron chi connectivity index (χ3n) is 2.64. The van der Waals surface area contributed by atoms with E-state index in [2.05, 4.69) is 21.5 Å². The van der Waals surface area contributed by atoms with Crippen LogP contribution in [0.2, 0.25) is 0 Å². The Bertz CT molecular complexity index is 676. The van der Waals surface area contributed by atoms with Crippen LogP contribution in [0.4, 0.5) is 0 Å². The Hall–Kier alpha value is -1.30. The summed E-state index contributed by atoms with van der Waals surface area (Å²) in [6.07, 6.45) is 1.99. The van der Waals surface area contributed by atoms with Crippen LogP contribution in [0.15, 0.2) is 24.4 Å². The van der Waals surface area contributed by atoms with Crippen molar-refractivity contribution in [1.82, 2.24) is 9.38 Å². The first-order valence-corrected chi connectivity index (χ1v) is 6.37. The average Bonchev–Trinajstić information content (AvgIpc) is 2.85. The van der Waals surface area contributed by atoms with E-state index in [1.54, 1.807) is 11.3 Å². The van der Waals surface area contributed by atoms with Crippen molar-refractivity contribution in [2.75, 3.05) is 6.61 Å². The maximum Gasteiger partial charge on any atom is 0.194 e. The van der Waals surface area contributed by atoms with Crippen LogP contribution in [-0.4, -0.2) is 16.0 Å². The molecule has 0 unspecified atom stereocenters. The second-order valence-electron chi connectivity index (χ2n) is 3.75. The van der Waals surface area contributed by atoms with Crippen molar-refractivity contribution in [2.24, 2.45) is 5.73 Å². The van der Waals surface area contributed by atoms with Gasteiger partial charge in [0.15, 0.2) is 4.96 Å². The molecule has 96 valence electrons. The number of nitrogens with two attached hydrogens (primary N) is 1. The Balaban J connectivity index is 0.00000120. The van der Waals surface area contributed by atoms with E-state index < -0.39 is 0 Å². The first-order chi connectivity index (χ1) is 8.31. The van der Waals surface area contributed by atoms with Crippen molar-refractivity contribution in [3.8, 4) is 5.75 Å². The summed E-state index contributed by atoms with van der Waals surface area (Å²) in [5.74, 6) is 0.906. The number of hydrogen-bond donors (Lipinski definition) is 1. The van der Waals surface area contributed by atoms with Gasteiger partial charge in [-0.15, -0.1) is 12.4 Å². The Labute approximate surface area is 115 Å². The Kier molecular flexibility index (Phi) is 3.75. The van der Waals surface area contributed by atoms with Crippen LogP contribution < -0.4 is 10.5 Å². The summed E-state index contributed by atoms with van der Waals surface area (Å²) < 4.78 is 8.75. The number of aromatic nitrogens is 2. The molecule has 0 fully saturated rings. The molecule has 0 atom stereocenters. The minimum absolute atomic E-state index is 0. The monoisotopic (exact) mass is 283 g/mol. The van der Waals surface area contributed by atoms with Crippen LogP contribution in [0.3, 0.4) is 0 Å². The molecule has 0 aliphatic heterocycles. The average molecular weight is 284 g/mol. The van der Waals surface area contributed by atoms with Crippen LogP contribution in [0.25, 0.3) is 15.2 Å². The molecular weight excluding hydrogens is 270 g/mol. The molecule has 0 amide bonds. The molecule has 0 saturated carbocycles. The van der Waals surface area contributed by atoms with Crippen LogP contribution in [0, 0.1) is 0 Å². The zero-order valence-corrected chi connectivity index (χ0v) is 11.6. The highest BCUT2D eigenvalue weighted by Crippen LogP contribution is 2.29. The number of hydrogen-bond acceptors (Lipinski definition) is 4. The number of nitrogens with zero attached hydrogens (tertiary/aromatic N) is 2. The molecule has 1 aromatic carbocycles. The van der Waals surface area contributed by atoms with E-state index in [0.29, 0.717) is 13.2 Å². The summed E-state index contributed by atoms with van der Waals surface area (Å²) in [5, 5.41) is 0. The number of ether oxygens (including phenoxy) is 1. The summed E-state index contributed by atoms with van der Waals surface area (Å²) in [6.45, 7) is 3.15. The topological polar surface area (TPSA) is 52.5 Å². The maximum absolute atomic E-state index is 5.59. The minimum Gasteiger partial charge on any atom is -0.494 e. The summed E-state index contributed by atoms with van der Waals surface area (Å²) in [5.41, 5.74) is 7.67. The summed E-state index contributed by atoms with van der Waals surface area (Å²) in [4.78, 5) is 5.44. The number of imidazole rings is 1. The Morgan fingerprint density at radius 2 is 2.28 bits per heavy atom. The Morgan fingerprint density at radius 3 is 3.00 bits per heavy atom. The normalized spacial score (nSPS) is 10.8. The molecule has 3 rings (SSSR count). The summed E-state index contributed by atoms with van der Waals surface area (Å²) in [6, 6.07) is 6.10. The zero-order valence-electron chi connectivity index (χ0n) is 9.92. The third kappa shape index (κ3) is 2.05. The third-order valence-corrected chi connectivity index (χ3v) is 3.65. The van der Waals surface area contributed by atoms with Gasteiger partial charge in [-0.25, -0.2) is 4.98 Å². The molecule has 0 bridgehead atoms. The summed E-state index contributed by atoms with van der Waals surface area (Å²) >= 11 is 1.65. The molecule has 0 saturated heterocycles. The zero-order chi connectivity index (χ0) is 11.8. The van der Waals surface area contributed by atoms with Crippen LogP contribution >= 0.6 is 23.7 Å². The van der Waals surface area contributed by atoms with Gasteiger partial charge in [-0.2, -0.15) is 0 Å². The summed E-state index contributed by atoms with van der Waals surface area (Å²) in [7, 11) is 0. The lowest BCUT2D eigenvalue weighted by atomic mass is 10.3. The highest BCUT2D eigenvalue weighted by molar-refractivity contribution is 7.23. The van der Waals surface area contributed by atoms with Gasteiger partial charge in [0, 0.05) is 12.7 Å². The number of halogens is 1. The highest BCUT2D eigenvalue weighted by Gasteiger charge is 2.08. The SMILES string of the molecule is CCOc1ccc2c(c1)sc1nc(CN)cn12.Cl. The molecule has 6 heteroatoms. The van der Waals surface area contributed by atoms with Gasteiger partial charge in [0.25, 0.3) is 0 Å². The predicted octanol–water partition coefficient (Wildman–Crippen LogP) is 2.83. The standard InChI is InChI=1S/C12H13N3OS.ClH/c1-2-16-9-3-4-10-11(5-9)17-12-14-8(6-13)7-15(10)12;/h3-5,7H,2,6,13H2,1H3;1H. The molecule has 2 heterocycles. The van der Waals surface area contributed by atoms with Gasteiger partial charge in [-0.3, -0.25) is 4.40 Å². The van der Waals surface area contributed by atoms with Gasteiger partial charge in [0.1, 0.15) is 5.75 Å². The van der Waals surface area contributed by atoms with Crippen molar-refractivity contribution >= 4 is 38.9 Å². The number of fused-ring (bicyclic) bond motifs is 3. The molecular formula is C12H14ClN3OS. The van der Waals surface area contributed by atoms with E-state index in [1.165, 1.54) is 4.70 Å². The number of thiazole rings is 1. The fourth-order valence-electron chi connectivity index (χ4n) is 1.88. The molecule has 18 heavy (non-hydrogen) atoms. The van der Waals surface area contributed by atoms with Gasteiger partial charge >= 0.3 is 0 Å². The molecule has 4 nitrogen and oxygen atoms in total. The molecule has 2 N–H and O–H groups in total. The lowest BCUT2D eigenvalue weighted by molar-refractivity contribution is 0.341. The lowest BCUT2D eigenvalue weighted by Gasteiger charge is -2.01. The van der Waals surface area contributed by atoms with E-state index in [-0.39, 0.29) is 12.4 Å². The van der Waals surface area contributed by atoms with Crippen molar-refractivity contribution in [1.29, 1.82) is 0 Å². The molecule has 0 aliphatic carbocycles. The van der Waals surface area contributed by atoms with Crippen LogP contribution in [0.1, 0.15) is 12.6 Å². The molecule has 0 aliphatic rings. The largest absolute Gasteiger partial charge is 0.494 e. The lowest BCUT2D eigenvalue weighted by Crippen LogP contribution is -1.95. The minimum atomic E-state index is 0. The fourth-order valence-corrected chi connectivity index (χ4v) is 2.94. The van der Waals surface area contributed by atoms with Crippen molar-refractivity contribution in [3.05, 3.63) is 30.1 Å². The molecule has 0 radical (unpaired) electrons. The van der Waals surface area contributed by atoms with E-state index >= 15 is 0 Å². The first-order valence-electron chi connectivity index (χ1n) is 5.55. The predicted molar refractivity (Wildman–Crippen MR) is 76.9 cm³/mol. The second kappa shape index (κ2) is 5.14. The van der Waals surface area contributed by atoms with Gasteiger partial charge in [0.05, 0.1) is 22.5 Å². The Morgan fingerprint density at radius 1 is 1.44 bits per heavy atom. The molecule has 2 aromatic heterocycles. The van der Waals surface area contributed by atoms with Crippen molar-refractivity contribution < 1.29 is 4.74 Å². The maximum atomic E-state index is 5.59. The van der Waals surface area contributed by atoms with E-state index in [9.17, 15) is 0 Å². The van der Waals surface area contributed by atoms with Gasteiger partial charge < -0.3 is 10.5 Å². The van der Waals surface area contributed by atoms with E-state index in [4.69, 9.17) is 10.5 Å². The smallest absolute Gasteiger partial charge is 0.194 e. The van der Waals surface area contributed by atoms with Crippen molar-refractivity contribution in [2.45, 2.75) is 13.5 Å². The number of rotatable bonds is 3. The second-order valence-corrected chi connectivity index (χ2v) is 4.76. The fraction of sp³-hybridized carbons (Fsp3) is 0.250.